The van der Waals surface area contributed by atoms with Crippen molar-refractivity contribution >= 4 is 21.7 Å². The fourth-order valence-electron chi connectivity index (χ4n) is 3.98. The molecule has 1 aliphatic carbocycles. The summed E-state index contributed by atoms with van der Waals surface area (Å²) in [6, 6.07) is 0.299. The maximum Gasteiger partial charge on any atom is 0.225 e. The first-order valence-corrected chi connectivity index (χ1v) is 9.92. The third-order valence-electron chi connectivity index (χ3n) is 5.22. The largest absolute Gasteiger partial charge is 0.350 e. The van der Waals surface area contributed by atoms with E-state index >= 15 is 0 Å². The van der Waals surface area contributed by atoms with Gasteiger partial charge in [0.2, 0.25) is 11.8 Å². The Bertz CT molecular complexity index is 582. The predicted octanol–water partition coefficient (Wildman–Crippen LogP) is 0.471. The third-order valence-corrected chi connectivity index (χ3v) is 7.13. The fourth-order valence-corrected chi connectivity index (χ4v) is 6.08. The second-order valence-electron chi connectivity index (χ2n) is 7.28. The van der Waals surface area contributed by atoms with E-state index in [4.69, 9.17) is 0 Å². The molecule has 22 heavy (non-hydrogen) atoms. The molecular weight excluding hydrogens is 304 g/mol. The molecule has 0 bridgehead atoms. The highest BCUT2D eigenvalue weighted by molar-refractivity contribution is 7.91. The van der Waals surface area contributed by atoms with Crippen molar-refractivity contribution in [2.75, 3.05) is 18.1 Å². The monoisotopic (exact) mass is 328 g/mol. The molecule has 3 fully saturated rings. The summed E-state index contributed by atoms with van der Waals surface area (Å²) in [6.45, 7) is 2.26. The second-order valence-corrected chi connectivity index (χ2v) is 9.46. The van der Waals surface area contributed by atoms with Gasteiger partial charge in [-0.1, -0.05) is 12.8 Å². The molecule has 2 amide bonds. The molecule has 1 saturated carbocycles. The van der Waals surface area contributed by atoms with Crippen LogP contribution in [0.2, 0.25) is 0 Å². The van der Waals surface area contributed by atoms with E-state index in [1.807, 2.05) is 4.90 Å². The van der Waals surface area contributed by atoms with Gasteiger partial charge in [-0.15, -0.1) is 0 Å². The van der Waals surface area contributed by atoms with E-state index in [9.17, 15) is 18.0 Å². The lowest BCUT2D eigenvalue weighted by Gasteiger charge is -2.27. The fraction of sp³-hybridized carbons (Fsp3) is 0.867. The first-order valence-electron chi connectivity index (χ1n) is 8.10. The molecule has 7 heteroatoms. The summed E-state index contributed by atoms with van der Waals surface area (Å²) in [5, 5.41) is 2.89. The number of rotatable bonds is 3. The van der Waals surface area contributed by atoms with Crippen LogP contribution >= 0.6 is 0 Å². The van der Waals surface area contributed by atoms with Gasteiger partial charge in [0.25, 0.3) is 0 Å². The van der Waals surface area contributed by atoms with Gasteiger partial charge in [-0.2, -0.15) is 0 Å². The highest BCUT2D eigenvalue weighted by Crippen LogP contribution is 2.30. The average molecular weight is 328 g/mol. The van der Waals surface area contributed by atoms with Gasteiger partial charge < -0.3 is 10.2 Å². The van der Waals surface area contributed by atoms with Crippen molar-refractivity contribution in [3.8, 4) is 0 Å². The summed E-state index contributed by atoms with van der Waals surface area (Å²) >= 11 is 0. The Morgan fingerprint density at radius 1 is 1.32 bits per heavy atom. The molecule has 2 aliphatic heterocycles. The van der Waals surface area contributed by atoms with E-state index in [-0.39, 0.29) is 35.7 Å². The molecule has 0 unspecified atom stereocenters. The zero-order valence-corrected chi connectivity index (χ0v) is 13.8. The topological polar surface area (TPSA) is 83.6 Å². The Hall–Kier alpha value is -1.11. The van der Waals surface area contributed by atoms with Crippen LogP contribution in [0.25, 0.3) is 0 Å². The Labute approximate surface area is 131 Å². The van der Waals surface area contributed by atoms with E-state index in [0.29, 0.717) is 19.0 Å². The van der Waals surface area contributed by atoms with Crippen LogP contribution in [0.3, 0.4) is 0 Å². The summed E-state index contributed by atoms with van der Waals surface area (Å²) in [7, 11) is -3.05. The number of carbonyl (C=O) groups is 2. The van der Waals surface area contributed by atoms with Gasteiger partial charge in [0.05, 0.1) is 23.0 Å². The molecule has 3 rings (SSSR count). The van der Waals surface area contributed by atoms with Gasteiger partial charge in [-0.3, -0.25) is 9.59 Å². The summed E-state index contributed by atoms with van der Waals surface area (Å²) in [6.07, 6.45) is 5.09. The summed E-state index contributed by atoms with van der Waals surface area (Å²) in [4.78, 5) is 26.5. The Kier molecular flexibility index (Phi) is 3.95. The van der Waals surface area contributed by atoms with Crippen molar-refractivity contribution in [1.82, 2.24) is 10.2 Å². The predicted molar refractivity (Wildman–Crippen MR) is 81.9 cm³/mol. The van der Waals surface area contributed by atoms with Gasteiger partial charge in [0, 0.05) is 19.0 Å². The quantitative estimate of drug-likeness (QED) is 0.816. The van der Waals surface area contributed by atoms with Crippen LogP contribution in [0.5, 0.6) is 0 Å². The molecule has 1 N–H and O–H groups in total. The smallest absolute Gasteiger partial charge is 0.225 e. The average Bonchev–Trinajstić information content (AvgIpc) is 3.09. The van der Waals surface area contributed by atoms with Crippen molar-refractivity contribution in [2.45, 2.75) is 57.0 Å². The first kappa shape index (κ1) is 15.8. The minimum absolute atomic E-state index is 0.00124. The Morgan fingerprint density at radius 3 is 2.59 bits per heavy atom. The number of likely N-dealkylation sites (tertiary alicyclic amines) is 1. The molecule has 0 aromatic carbocycles. The van der Waals surface area contributed by atoms with Crippen LogP contribution < -0.4 is 5.32 Å². The molecule has 0 aromatic heterocycles. The van der Waals surface area contributed by atoms with Gasteiger partial charge in [0.15, 0.2) is 9.84 Å². The number of hydrogen-bond acceptors (Lipinski definition) is 4. The zero-order chi connectivity index (χ0) is 16.0. The molecule has 3 aliphatic rings. The van der Waals surface area contributed by atoms with Crippen LogP contribution in [-0.2, 0) is 19.4 Å². The summed E-state index contributed by atoms with van der Waals surface area (Å²) in [5.41, 5.74) is -0.681. The van der Waals surface area contributed by atoms with Crippen molar-refractivity contribution in [3.63, 3.8) is 0 Å². The first-order chi connectivity index (χ1) is 10.3. The molecule has 6 nitrogen and oxygen atoms in total. The van der Waals surface area contributed by atoms with Crippen molar-refractivity contribution < 1.29 is 18.0 Å². The van der Waals surface area contributed by atoms with Crippen LogP contribution in [0, 0.1) is 5.92 Å². The van der Waals surface area contributed by atoms with Gasteiger partial charge in [-0.05, 0) is 26.2 Å². The summed E-state index contributed by atoms with van der Waals surface area (Å²) < 4.78 is 23.2. The van der Waals surface area contributed by atoms with Crippen molar-refractivity contribution in [3.05, 3.63) is 0 Å². The molecular formula is C15H24N2O4S. The summed E-state index contributed by atoms with van der Waals surface area (Å²) in [5.74, 6) is -0.321. The van der Waals surface area contributed by atoms with Gasteiger partial charge in [0.1, 0.15) is 0 Å². The number of hydrogen-bond donors (Lipinski definition) is 1. The molecule has 0 radical (unpaired) electrons. The third kappa shape index (κ3) is 3.14. The minimum atomic E-state index is -3.05. The van der Waals surface area contributed by atoms with Crippen LogP contribution in [0.1, 0.15) is 45.4 Å². The SMILES string of the molecule is C[C@@]1(NC(=O)[C@H]2CC(=O)N(C3CCCC3)C2)CCS(=O)(=O)C1. The molecule has 124 valence electrons. The number of carbonyl (C=O) groups excluding carboxylic acids is 2. The molecule has 2 atom stereocenters. The van der Waals surface area contributed by atoms with Gasteiger partial charge >= 0.3 is 0 Å². The van der Waals surface area contributed by atoms with Crippen molar-refractivity contribution in [2.24, 2.45) is 5.92 Å². The zero-order valence-electron chi connectivity index (χ0n) is 13.0. The maximum absolute atomic E-state index is 12.4. The highest BCUT2D eigenvalue weighted by atomic mass is 32.2. The number of nitrogens with one attached hydrogen (secondary N) is 1. The number of amides is 2. The Balaban J connectivity index is 1.60. The molecule has 2 heterocycles. The standard InChI is InChI=1S/C15H24N2O4S/c1-15(6-7-22(20,21)10-15)16-14(19)11-8-13(18)17(9-11)12-4-2-3-5-12/h11-12H,2-10H2,1H3,(H,16,19)/t11-,15+/m0/s1. The van der Waals surface area contributed by atoms with E-state index in [1.165, 1.54) is 0 Å². The van der Waals surface area contributed by atoms with E-state index in [0.717, 1.165) is 25.7 Å². The van der Waals surface area contributed by atoms with E-state index in [2.05, 4.69) is 5.32 Å². The molecule has 0 aromatic rings. The lowest BCUT2D eigenvalue weighted by Crippen LogP contribution is -2.49. The lowest BCUT2D eigenvalue weighted by molar-refractivity contribution is -0.130. The van der Waals surface area contributed by atoms with Gasteiger partial charge in [-0.25, -0.2) is 8.42 Å². The number of nitrogens with zero attached hydrogens (tertiary/aromatic N) is 1. The highest BCUT2D eigenvalue weighted by Gasteiger charge is 2.43. The molecule has 2 saturated heterocycles. The maximum atomic E-state index is 12.4. The van der Waals surface area contributed by atoms with E-state index in [1.54, 1.807) is 6.92 Å². The second kappa shape index (κ2) is 5.51. The minimum Gasteiger partial charge on any atom is -0.350 e. The lowest BCUT2D eigenvalue weighted by atomic mass is 9.99. The molecule has 0 spiro atoms. The Morgan fingerprint density at radius 2 is 2.00 bits per heavy atom. The van der Waals surface area contributed by atoms with Crippen LogP contribution in [-0.4, -0.2) is 54.8 Å². The van der Waals surface area contributed by atoms with E-state index < -0.39 is 15.4 Å². The van der Waals surface area contributed by atoms with Crippen LogP contribution in [0.4, 0.5) is 0 Å². The van der Waals surface area contributed by atoms with Crippen molar-refractivity contribution in [1.29, 1.82) is 0 Å². The normalized spacial score (nSPS) is 35.2. The van der Waals surface area contributed by atoms with Crippen LogP contribution in [0.15, 0.2) is 0 Å². The number of sulfone groups is 1.